The minimum Gasteiger partial charge on any atom is -0.453 e. The topological polar surface area (TPSA) is 30.4 Å². The van der Waals surface area contributed by atoms with Crippen molar-refractivity contribution in [3.8, 4) is 5.69 Å². The zero-order valence-electron chi connectivity index (χ0n) is 26.7. The molecule has 3 aromatic heterocycles. The van der Waals surface area contributed by atoms with Gasteiger partial charge in [-0.15, -0.1) is 17.1 Å². The number of rotatable bonds is 3. The number of hydrogen-bond donors (Lipinski definition) is 0. The molecule has 11 rings (SSSR count). The molecule has 4 heterocycles. The van der Waals surface area contributed by atoms with E-state index in [1.807, 2.05) is 53.8 Å². The Kier molecular flexibility index (Phi) is 5.79. The highest BCUT2D eigenvalue weighted by molar-refractivity contribution is 7.27. The van der Waals surface area contributed by atoms with Crippen LogP contribution in [-0.4, -0.2) is 10.3 Å². The van der Waals surface area contributed by atoms with Crippen molar-refractivity contribution in [2.24, 2.45) is 4.99 Å². The quantitative estimate of drug-likeness (QED) is 0.186. The van der Waals surface area contributed by atoms with Gasteiger partial charge >= 0.3 is 0 Å². The van der Waals surface area contributed by atoms with Crippen molar-refractivity contribution in [3.05, 3.63) is 179 Å². The van der Waals surface area contributed by atoms with Gasteiger partial charge in [-0.2, -0.15) is 0 Å². The Bertz CT molecular complexity index is 3220. The van der Waals surface area contributed by atoms with Crippen molar-refractivity contribution in [1.82, 2.24) is 4.57 Å². The van der Waals surface area contributed by atoms with Crippen molar-refractivity contribution in [3.63, 3.8) is 0 Å². The molecular weight excluding hydrogens is 629 g/mol. The number of benzene rings is 7. The second kappa shape index (κ2) is 10.5. The van der Waals surface area contributed by atoms with E-state index >= 15 is 0 Å². The van der Waals surface area contributed by atoms with Crippen LogP contribution in [0.1, 0.15) is 11.1 Å². The Labute approximate surface area is 290 Å². The van der Waals surface area contributed by atoms with E-state index in [1.54, 1.807) is 0 Å². The van der Waals surface area contributed by atoms with Gasteiger partial charge in [-0.25, -0.2) is 4.99 Å². The molecule has 10 aromatic rings. The monoisotopic (exact) mass is 654 g/mol. The number of aliphatic imine (C=N–C) groups is 1. The van der Waals surface area contributed by atoms with Crippen LogP contribution in [0.5, 0.6) is 0 Å². The first-order valence-corrected chi connectivity index (χ1v) is 17.6. The molecule has 0 unspecified atom stereocenters. The summed E-state index contributed by atoms with van der Waals surface area (Å²) in [6.07, 6.45) is 1.98. The number of para-hydroxylation sites is 2. The van der Waals surface area contributed by atoms with Crippen molar-refractivity contribution >= 4 is 92.2 Å². The van der Waals surface area contributed by atoms with Gasteiger partial charge in [0.25, 0.3) is 0 Å². The molecule has 0 saturated carbocycles. The van der Waals surface area contributed by atoms with Crippen LogP contribution in [0.15, 0.2) is 167 Å². The number of nitrogens with zero attached hydrogens (tertiary/aromatic N) is 2. The van der Waals surface area contributed by atoms with Crippen LogP contribution in [0.2, 0.25) is 0 Å². The predicted molar refractivity (Wildman–Crippen MR) is 210 cm³/mol. The lowest BCUT2D eigenvalue weighted by molar-refractivity contribution is 0.572. The van der Waals surface area contributed by atoms with Crippen molar-refractivity contribution in [2.75, 3.05) is 0 Å². The average molecular weight is 655 g/mol. The van der Waals surface area contributed by atoms with E-state index in [9.17, 15) is 0 Å². The molecule has 0 aliphatic carbocycles. The van der Waals surface area contributed by atoms with E-state index in [0.29, 0.717) is 0 Å². The largest absolute Gasteiger partial charge is 0.453 e. The molecule has 1 aliphatic rings. The minimum absolute atomic E-state index is 0.733. The maximum atomic E-state index is 6.52. The van der Waals surface area contributed by atoms with Gasteiger partial charge < -0.3 is 8.98 Å². The third-order valence-corrected chi connectivity index (χ3v) is 11.2. The Morgan fingerprint density at radius 3 is 2.08 bits per heavy atom. The summed E-state index contributed by atoms with van der Waals surface area (Å²) in [5, 5.41) is 9.72. The fourth-order valence-electron chi connectivity index (χ4n) is 7.81. The van der Waals surface area contributed by atoms with E-state index in [-0.39, 0.29) is 0 Å². The maximum Gasteiger partial charge on any atom is 0.169 e. The third-order valence-electron chi connectivity index (χ3n) is 10.0. The summed E-state index contributed by atoms with van der Waals surface area (Å²) < 4.78 is 11.6. The van der Waals surface area contributed by atoms with Gasteiger partial charge in [-0.1, -0.05) is 115 Å². The van der Waals surface area contributed by atoms with E-state index in [4.69, 9.17) is 9.41 Å². The summed E-state index contributed by atoms with van der Waals surface area (Å²) in [5.41, 5.74) is 12.3. The molecule has 1 aliphatic heterocycles. The highest BCUT2D eigenvalue weighted by Crippen LogP contribution is 2.47. The molecule has 7 aromatic carbocycles. The van der Waals surface area contributed by atoms with Gasteiger partial charge in [-0.3, -0.25) is 0 Å². The second-order valence-electron chi connectivity index (χ2n) is 12.8. The van der Waals surface area contributed by atoms with Crippen molar-refractivity contribution in [2.45, 2.75) is 0 Å². The van der Waals surface area contributed by atoms with Crippen molar-refractivity contribution < 1.29 is 4.42 Å². The molecule has 0 amide bonds. The number of allylic oxidation sites excluding steroid dienone is 1. The predicted octanol–water partition coefficient (Wildman–Crippen LogP) is 10.6. The van der Waals surface area contributed by atoms with Crippen LogP contribution in [0.4, 0.5) is 0 Å². The number of furan rings is 1. The first-order chi connectivity index (χ1) is 24.8. The van der Waals surface area contributed by atoms with Crippen LogP contribution in [0.3, 0.4) is 0 Å². The fraction of sp³-hybridized carbons (Fsp3) is 0. The Morgan fingerprint density at radius 1 is 0.560 bits per heavy atom. The molecule has 0 atom stereocenters. The van der Waals surface area contributed by atoms with Gasteiger partial charge in [0, 0.05) is 64.6 Å². The van der Waals surface area contributed by atoms with E-state index in [2.05, 4.69) is 126 Å². The molecule has 232 valence electrons. The highest BCUT2D eigenvalue weighted by atomic mass is 32.1. The number of fused-ring (bicyclic) bond motifs is 13. The summed E-state index contributed by atoms with van der Waals surface area (Å²) in [7, 11) is 0. The summed E-state index contributed by atoms with van der Waals surface area (Å²) in [6.45, 7) is 0. The fourth-order valence-corrected chi connectivity index (χ4v) is 9.09. The van der Waals surface area contributed by atoms with Gasteiger partial charge in [-0.05, 0) is 41.8 Å². The van der Waals surface area contributed by atoms with Crippen LogP contribution < -0.4 is 10.6 Å². The van der Waals surface area contributed by atoms with E-state index in [1.165, 1.54) is 52.8 Å². The van der Waals surface area contributed by atoms with Gasteiger partial charge in [0.05, 0.1) is 22.0 Å². The number of aromatic nitrogens is 1. The van der Waals surface area contributed by atoms with Crippen LogP contribution >= 0.6 is 11.3 Å². The lowest BCUT2D eigenvalue weighted by Crippen LogP contribution is -2.21. The molecule has 0 fully saturated rings. The zero-order valence-corrected chi connectivity index (χ0v) is 27.5. The van der Waals surface area contributed by atoms with Crippen LogP contribution in [-0.2, 0) is 0 Å². The maximum absolute atomic E-state index is 6.52. The first kappa shape index (κ1) is 27.5. The SMILES string of the molecule is C1=CC(c2ccccc2)=NC(c2ccc(-n3c4ccccc4c4c5sc6ccccc6c5c5ccccc5c43)cc2)=c2oc3ccccc3c2=1. The van der Waals surface area contributed by atoms with Crippen LogP contribution in [0.25, 0.3) is 80.8 Å². The average Bonchev–Trinajstić information content (AvgIpc) is 3.81. The molecule has 0 spiro atoms. The summed E-state index contributed by atoms with van der Waals surface area (Å²) in [5.74, 6) is 0. The Morgan fingerprint density at radius 2 is 1.24 bits per heavy atom. The lowest BCUT2D eigenvalue weighted by atomic mass is 10.00. The van der Waals surface area contributed by atoms with E-state index in [0.717, 1.165) is 49.8 Å². The molecule has 0 radical (unpaired) electrons. The van der Waals surface area contributed by atoms with Gasteiger partial charge in [0.1, 0.15) is 11.3 Å². The Hall–Kier alpha value is -6.45. The summed E-state index contributed by atoms with van der Waals surface area (Å²) in [6, 6.07) is 53.7. The second-order valence-corrected chi connectivity index (χ2v) is 13.8. The molecule has 0 saturated heterocycles. The summed E-state index contributed by atoms with van der Waals surface area (Å²) >= 11 is 1.90. The standard InChI is InChI=1S/C46H26N2OS/c1-2-12-28(13-3-1)37-27-26-34-31-14-7-10-20-39(31)49-45(34)43(47-37)29-22-24-30(25-23-29)48-38-19-9-6-17-35(38)42-44(48)33-16-5-4-15-32(33)41-36-18-8-11-21-40(36)50-46(41)42/h1-25,27H. The lowest BCUT2D eigenvalue weighted by Gasteiger charge is -2.12. The number of thiophene rings is 1. The zero-order chi connectivity index (χ0) is 32.8. The molecule has 50 heavy (non-hydrogen) atoms. The third kappa shape index (κ3) is 3.89. The van der Waals surface area contributed by atoms with E-state index < -0.39 is 0 Å². The smallest absolute Gasteiger partial charge is 0.169 e. The van der Waals surface area contributed by atoms with Crippen molar-refractivity contribution in [1.29, 1.82) is 0 Å². The normalized spacial score (nSPS) is 13.0. The molecule has 0 N–H and O–H groups in total. The van der Waals surface area contributed by atoms with Crippen LogP contribution in [0, 0.1) is 0 Å². The molecular formula is C46H26N2OS. The minimum atomic E-state index is 0.733. The Balaban J connectivity index is 1.19. The summed E-state index contributed by atoms with van der Waals surface area (Å²) in [4.78, 5) is 5.26. The number of hydrogen-bond acceptors (Lipinski definition) is 3. The molecule has 0 bridgehead atoms. The van der Waals surface area contributed by atoms with Gasteiger partial charge in [0.2, 0.25) is 0 Å². The van der Waals surface area contributed by atoms with Gasteiger partial charge in [0.15, 0.2) is 5.42 Å². The molecule has 3 nitrogen and oxygen atoms in total. The first-order valence-electron chi connectivity index (χ1n) is 16.8. The molecule has 4 heteroatoms. The highest BCUT2D eigenvalue weighted by Gasteiger charge is 2.22.